The van der Waals surface area contributed by atoms with Crippen molar-refractivity contribution in [1.82, 2.24) is 14.7 Å². The molecule has 0 bridgehead atoms. The number of likely N-dealkylation sites (N-methyl/N-ethyl adjacent to an activating group) is 1. The average Bonchev–Trinajstić information content (AvgIpc) is 2.37. The first-order valence-electron chi connectivity index (χ1n) is 7.28. The van der Waals surface area contributed by atoms with Gasteiger partial charge in [0.1, 0.15) is 0 Å². The van der Waals surface area contributed by atoms with Gasteiger partial charge < -0.3 is 15.5 Å². The van der Waals surface area contributed by atoms with Crippen molar-refractivity contribution in [1.29, 1.82) is 0 Å². The fourth-order valence-electron chi connectivity index (χ4n) is 2.56. The largest absolute Gasteiger partial charge is 0.393 e. The predicted molar refractivity (Wildman–Crippen MR) is 86.8 cm³/mol. The lowest BCUT2D eigenvalue weighted by molar-refractivity contribution is -0.131. The molecule has 0 aromatic carbocycles. The van der Waals surface area contributed by atoms with E-state index in [9.17, 15) is 4.79 Å². The Morgan fingerprint density at radius 3 is 2.40 bits per heavy atom. The summed E-state index contributed by atoms with van der Waals surface area (Å²) in [5.41, 5.74) is 5.46. The lowest BCUT2D eigenvalue weighted by Gasteiger charge is -2.33. The van der Waals surface area contributed by atoms with Crippen molar-refractivity contribution in [2.75, 3.05) is 53.9 Å². The van der Waals surface area contributed by atoms with Crippen LogP contribution in [0.25, 0.3) is 0 Å². The van der Waals surface area contributed by atoms with E-state index in [-0.39, 0.29) is 5.91 Å². The van der Waals surface area contributed by atoms with Crippen LogP contribution >= 0.6 is 12.2 Å². The minimum Gasteiger partial charge on any atom is -0.393 e. The third kappa shape index (κ3) is 6.63. The number of carbonyl (C=O) groups excluding carboxylic acids is 1. The van der Waals surface area contributed by atoms with Crippen LogP contribution in [0, 0.1) is 5.92 Å². The zero-order valence-corrected chi connectivity index (χ0v) is 13.8. The minimum atomic E-state index is 0.160. The van der Waals surface area contributed by atoms with Gasteiger partial charge in [-0.15, -0.1) is 0 Å². The van der Waals surface area contributed by atoms with Crippen molar-refractivity contribution in [3.8, 4) is 0 Å². The first kappa shape index (κ1) is 17.3. The van der Waals surface area contributed by atoms with Gasteiger partial charge in [-0.1, -0.05) is 12.2 Å². The van der Waals surface area contributed by atoms with E-state index in [1.165, 1.54) is 12.8 Å². The molecule has 1 aliphatic heterocycles. The number of hydrogen-bond donors (Lipinski definition) is 1. The molecule has 116 valence electrons. The van der Waals surface area contributed by atoms with Crippen LogP contribution in [-0.2, 0) is 4.79 Å². The predicted octanol–water partition coefficient (Wildman–Crippen LogP) is 0.395. The van der Waals surface area contributed by atoms with E-state index in [1.807, 2.05) is 7.05 Å². The maximum atomic E-state index is 12.1. The van der Waals surface area contributed by atoms with Crippen LogP contribution in [0.3, 0.4) is 0 Å². The van der Waals surface area contributed by atoms with E-state index < -0.39 is 0 Å². The Bertz CT molecular complexity index is 327. The molecule has 0 unspecified atom stereocenters. The number of nitrogens with zero attached hydrogens (tertiary/aromatic N) is 3. The lowest BCUT2D eigenvalue weighted by atomic mass is 9.96. The van der Waals surface area contributed by atoms with Gasteiger partial charge in [0.15, 0.2) is 0 Å². The summed E-state index contributed by atoms with van der Waals surface area (Å²) < 4.78 is 0. The second-order valence-corrected chi connectivity index (χ2v) is 6.54. The highest BCUT2D eigenvalue weighted by atomic mass is 32.1. The number of nitrogens with two attached hydrogens (primary N) is 1. The fraction of sp³-hybridized carbons (Fsp3) is 0.857. The Morgan fingerprint density at radius 1 is 1.30 bits per heavy atom. The van der Waals surface area contributed by atoms with Crippen LogP contribution in [0.15, 0.2) is 0 Å². The highest BCUT2D eigenvalue weighted by Crippen LogP contribution is 2.17. The molecule has 0 aromatic rings. The Balaban J connectivity index is 2.25. The summed E-state index contributed by atoms with van der Waals surface area (Å²) in [6.07, 6.45) is 2.96. The molecule has 1 heterocycles. The Labute approximate surface area is 128 Å². The average molecular weight is 300 g/mol. The monoisotopic (exact) mass is 300 g/mol. The summed E-state index contributed by atoms with van der Waals surface area (Å²) in [6, 6.07) is 0. The van der Waals surface area contributed by atoms with Crippen molar-refractivity contribution in [3.05, 3.63) is 0 Å². The molecule has 1 fully saturated rings. The van der Waals surface area contributed by atoms with E-state index in [1.54, 1.807) is 4.90 Å². The molecule has 1 rings (SSSR count). The van der Waals surface area contributed by atoms with Gasteiger partial charge in [-0.2, -0.15) is 0 Å². The zero-order valence-electron chi connectivity index (χ0n) is 13.0. The van der Waals surface area contributed by atoms with Crippen molar-refractivity contribution < 1.29 is 4.79 Å². The quantitative estimate of drug-likeness (QED) is 0.690. The molecule has 1 saturated heterocycles. The maximum Gasteiger partial charge on any atom is 0.236 e. The number of thiocarbonyl (C=S) groups is 1. The van der Waals surface area contributed by atoms with Crippen LogP contribution < -0.4 is 5.73 Å². The number of amides is 1. The van der Waals surface area contributed by atoms with E-state index >= 15 is 0 Å². The van der Waals surface area contributed by atoms with Gasteiger partial charge in [0.05, 0.1) is 11.5 Å². The minimum absolute atomic E-state index is 0.160. The third-order valence-corrected chi connectivity index (χ3v) is 4.01. The molecule has 6 heteroatoms. The van der Waals surface area contributed by atoms with Crippen LogP contribution in [0.5, 0.6) is 0 Å². The van der Waals surface area contributed by atoms with Crippen molar-refractivity contribution >= 4 is 23.1 Å². The maximum absolute atomic E-state index is 12.1. The molecule has 1 amide bonds. The van der Waals surface area contributed by atoms with Crippen LogP contribution in [-0.4, -0.2) is 79.5 Å². The number of carbonyl (C=O) groups is 1. The standard InChI is InChI=1S/C14H28N4OS/c1-16(2)10-12-4-8-18(9-5-12)11-14(19)17(3)7-6-13(15)20/h12H,4-11H2,1-3H3,(H2,15,20). The van der Waals surface area contributed by atoms with Crippen LogP contribution in [0.1, 0.15) is 19.3 Å². The number of rotatable bonds is 7. The second kappa shape index (κ2) is 8.54. The van der Waals surface area contributed by atoms with Crippen LogP contribution in [0.2, 0.25) is 0 Å². The Hall–Kier alpha value is -0.720. The summed E-state index contributed by atoms with van der Waals surface area (Å²) in [5.74, 6) is 0.927. The lowest BCUT2D eigenvalue weighted by Crippen LogP contribution is -2.43. The van der Waals surface area contributed by atoms with Gasteiger partial charge in [-0.05, 0) is 45.9 Å². The first-order valence-corrected chi connectivity index (χ1v) is 7.68. The summed E-state index contributed by atoms with van der Waals surface area (Å²) in [4.78, 5) is 18.8. The molecular weight excluding hydrogens is 272 g/mol. The SMILES string of the molecule is CN(C)CC1CCN(CC(=O)N(C)CCC(N)=S)CC1. The summed E-state index contributed by atoms with van der Waals surface area (Å²) >= 11 is 4.83. The molecule has 0 aliphatic carbocycles. The summed E-state index contributed by atoms with van der Waals surface area (Å²) in [7, 11) is 6.05. The van der Waals surface area contributed by atoms with Crippen molar-refractivity contribution in [2.45, 2.75) is 19.3 Å². The van der Waals surface area contributed by atoms with Gasteiger partial charge in [0.2, 0.25) is 5.91 Å². The topological polar surface area (TPSA) is 52.8 Å². The Kier molecular flexibility index (Phi) is 7.40. The molecule has 0 radical (unpaired) electrons. The second-order valence-electron chi connectivity index (χ2n) is 6.01. The van der Waals surface area contributed by atoms with E-state index in [2.05, 4.69) is 23.9 Å². The van der Waals surface area contributed by atoms with Gasteiger partial charge >= 0.3 is 0 Å². The molecular formula is C14H28N4OS. The summed E-state index contributed by atoms with van der Waals surface area (Å²) in [5, 5.41) is 0. The molecule has 2 N–H and O–H groups in total. The fourth-order valence-corrected chi connectivity index (χ4v) is 2.65. The molecule has 0 aromatic heterocycles. The number of hydrogen-bond acceptors (Lipinski definition) is 4. The normalized spacial score (nSPS) is 17.4. The van der Waals surface area contributed by atoms with Gasteiger partial charge in [-0.25, -0.2) is 0 Å². The third-order valence-electron chi connectivity index (χ3n) is 3.81. The molecule has 0 spiro atoms. The molecule has 0 saturated carbocycles. The Morgan fingerprint density at radius 2 is 1.90 bits per heavy atom. The highest BCUT2D eigenvalue weighted by molar-refractivity contribution is 7.80. The van der Waals surface area contributed by atoms with Crippen molar-refractivity contribution in [2.24, 2.45) is 11.7 Å². The number of likely N-dealkylation sites (tertiary alicyclic amines) is 1. The zero-order chi connectivity index (χ0) is 15.1. The molecule has 20 heavy (non-hydrogen) atoms. The smallest absolute Gasteiger partial charge is 0.236 e. The van der Waals surface area contributed by atoms with Gasteiger partial charge in [0, 0.05) is 26.6 Å². The van der Waals surface area contributed by atoms with Crippen molar-refractivity contribution in [3.63, 3.8) is 0 Å². The molecule has 1 aliphatic rings. The summed E-state index contributed by atoms with van der Waals surface area (Å²) in [6.45, 7) is 4.32. The number of piperidine rings is 1. The van der Waals surface area contributed by atoms with E-state index in [4.69, 9.17) is 18.0 Å². The molecule has 0 atom stereocenters. The first-order chi connectivity index (χ1) is 9.38. The van der Waals surface area contributed by atoms with Gasteiger partial charge in [0.25, 0.3) is 0 Å². The van der Waals surface area contributed by atoms with Crippen LogP contribution in [0.4, 0.5) is 0 Å². The molecule has 5 nitrogen and oxygen atoms in total. The van der Waals surface area contributed by atoms with E-state index in [0.29, 0.717) is 24.5 Å². The van der Waals surface area contributed by atoms with Gasteiger partial charge in [-0.3, -0.25) is 9.69 Å². The highest BCUT2D eigenvalue weighted by Gasteiger charge is 2.22. The van der Waals surface area contributed by atoms with E-state index in [0.717, 1.165) is 25.6 Å².